The Morgan fingerprint density at radius 3 is 2.68 bits per heavy atom. The molecule has 1 atom stereocenters. The monoisotopic (exact) mass is 416 g/mol. The second kappa shape index (κ2) is 6.81. The molecule has 6 rings (SSSR count). The topological polar surface area (TPSA) is 79.0 Å². The highest BCUT2D eigenvalue weighted by molar-refractivity contribution is 5.84. The average Bonchev–Trinajstić information content (AvgIpc) is 3.28. The fourth-order valence-corrected chi connectivity index (χ4v) is 4.41. The van der Waals surface area contributed by atoms with Crippen molar-refractivity contribution < 1.29 is 9.47 Å². The molecule has 2 aliphatic rings. The zero-order valence-corrected chi connectivity index (χ0v) is 17.6. The lowest BCUT2D eigenvalue weighted by Gasteiger charge is -2.54. The van der Waals surface area contributed by atoms with Gasteiger partial charge in [0.2, 0.25) is 0 Å². The van der Waals surface area contributed by atoms with Crippen LogP contribution >= 0.6 is 0 Å². The third-order valence-corrected chi connectivity index (χ3v) is 6.51. The van der Waals surface area contributed by atoms with Crippen LogP contribution in [0.25, 0.3) is 22.3 Å². The molecule has 0 bridgehead atoms. The van der Waals surface area contributed by atoms with Crippen molar-refractivity contribution >= 4 is 22.7 Å². The second-order valence-corrected chi connectivity index (χ2v) is 8.54. The first-order valence-electron chi connectivity index (χ1n) is 10.5. The highest BCUT2D eigenvalue weighted by Crippen LogP contribution is 2.49. The van der Waals surface area contributed by atoms with Gasteiger partial charge < -0.3 is 14.8 Å². The lowest BCUT2D eigenvalue weighted by atomic mass is 9.64. The Kier molecular flexibility index (Phi) is 4.04. The van der Waals surface area contributed by atoms with E-state index in [1.807, 2.05) is 55.3 Å². The van der Waals surface area contributed by atoms with E-state index in [9.17, 15) is 0 Å². The van der Waals surface area contributed by atoms with Crippen LogP contribution in [0.3, 0.4) is 0 Å². The van der Waals surface area contributed by atoms with Crippen LogP contribution in [0.1, 0.15) is 12.8 Å². The molecule has 31 heavy (non-hydrogen) atoms. The van der Waals surface area contributed by atoms with E-state index >= 15 is 0 Å². The number of nitrogens with one attached hydrogen (secondary N) is 1. The minimum absolute atomic E-state index is 0.182. The van der Waals surface area contributed by atoms with Crippen molar-refractivity contribution in [3.8, 4) is 17.0 Å². The molecule has 0 amide bonds. The summed E-state index contributed by atoms with van der Waals surface area (Å²) in [7, 11) is 3.81. The van der Waals surface area contributed by atoms with Crippen LogP contribution in [-0.4, -0.2) is 43.9 Å². The first kappa shape index (κ1) is 18.4. The van der Waals surface area contributed by atoms with Gasteiger partial charge in [-0.3, -0.25) is 9.36 Å². The SMILES string of the molecule is Cn1nc(-c2ccccc2)cc1Nc1cc(OC2CCC23COC3)c2cnn(C)c2n1. The number of aromatic nitrogens is 5. The quantitative estimate of drug-likeness (QED) is 0.535. The van der Waals surface area contributed by atoms with Crippen LogP contribution in [-0.2, 0) is 18.8 Å². The maximum atomic E-state index is 6.48. The number of nitrogens with zero attached hydrogens (tertiary/aromatic N) is 5. The Bertz CT molecular complexity index is 1250. The summed E-state index contributed by atoms with van der Waals surface area (Å²) < 4.78 is 15.5. The number of ether oxygens (including phenoxy) is 2. The minimum atomic E-state index is 0.182. The molecular weight excluding hydrogens is 392 g/mol. The fourth-order valence-electron chi connectivity index (χ4n) is 4.41. The molecule has 158 valence electrons. The number of anilines is 2. The van der Waals surface area contributed by atoms with E-state index in [-0.39, 0.29) is 11.5 Å². The van der Waals surface area contributed by atoms with Gasteiger partial charge in [-0.15, -0.1) is 0 Å². The Hall–Kier alpha value is -3.39. The van der Waals surface area contributed by atoms with Crippen molar-refractivity contribution in [2.75, 3.05) is 18.5 Å². The number of hydrogen-bond acceptors (Lipinski definition) is 6. The van der Waals surface area contributed by atoms with Crippen molar-refractivity contribution in [1.82, 2.24) is 24.5 Å². The fraction of sp³-hybridized carbons (Fsp3) is 0.348. The van der Waals surface area contributed by atoms with Gasteiger partial charge in [0.15, 0.2) is 5.65 Å². The van der Waals surface area contributed by atoms with Crippen molar-refractivity contribution in [3.05, 3.63) is 48.7 Å². The molecule has 3 aromatic heterocycles. The van der Waals surface area contributed by atoms with E-state index in [1.54, 1.807) is 4.68 Å². The minimum Gasteiger partial charge on any atom is -0.489 e. The summed E-state index contributed by atoms with van der Waals surface area (Å²) in [4.78, 5) is 4.78. The van der Waals surface area contributed by atoms with Gasteiger partial charge in [-0.2, -0.15) is 10.2 Å². The Morgan fingerprint density at radius 2 is 1.97 bits per heavy atom. The van der Waals surface area contributed by atoms with Crippen molar-refractivity contribution in [2.24, 2.45) is 19.5 Å². The zero-order valence-electron chi connectivity index (χ0n) is 17.6. The van der Waals surface area contributed by atoms with Crippen LogP contribution in [0.15, 0.2) is 48.7 Å². The first-order valence-corrected chi connectivity index (χ1v) is 10.5. The molecule has 4 heterocycles. The summed E-state index contributed by atoms with van der Waals surface area (Å²) in [5.41, 5.74) is 2.95. The third-order valence-electron chi connectivity index (χ3n) is 6.51. The van der Waals surface area contributed by atoms with Gasteiger partial charge in [0.05, 0.1) is 35.9 Å². The molecule has 1 aromatic carbocycles. The zero-order chi connectivity index (χ0) is 21.0. The number of benzene rings is 1. The summed E-state index contributed by atoms with van der Waals surface area (Å²) in [6.07, 6.45) is 4.22. The van der Waals surface area contributed by atoms with Gasteiger partial charge in [-0.1, -0.05) is 30.3 Å². The summed E-state index contributed by atoms with van der Waals surface area (Å²) >= 11 is 0. The van der Waals surface area contributed by atoms with Gasteiger partial charge in [-0.25, -0.2) is 4.98 Å². The predicted molar refractivity (Wildman–Crippen MR) is 117 cm³/mol. The van der Waals surface area contributed by atoms with Gasteiger partial charge in [-0.05, 0) is 12.8 Å². The Morgan fingerprint density at radius 1 is 1.13 bits per heavy atom. The van der Waals surface area contributed by atoms with Gasteiger partial charge in [0, 0.05) is 31.8 Å². The van der Waals surface area contributed by atoms with E-state index in [4.69, 9.17) is 14.5 Å². The summed E-state index contributed by atoms with van der Waals surface area (Å²) in [6, 6.07) is 14.1. The highest BCUT2D eigenvalue weighted by Gasteiger charge is 2.54. The maximum Gasteiger partial charge on any atom is 0.163 e. The van der Waals surface area contributed by atoms with Crippen LogP contribution in [0.2, 0.25) is 0 Å². The van der Waals surface area contributed by atoms with Gasteiger partial charge in [0.1, 0.15) is 23.5 Å². The average molecular weight is 416 g/mol. The molecule has 1 aliphatic carbocycles. The van der Waals surface area contributed by atoms with E-state index in [0.29, 0.717) is 5.82 Å². The molecule has 1 spiro atoms. The molecule has 1 aliphatic heterocycles. The van der Waals surface area contributed by atoms with Gasteiger partial charge >= 0.3 is 0 Å². The molecule has 4 aromatic rings. The van der Waals surface area contributed by atoms with E-state index < -0.39 is 0 Å². The van der Waals surface area contributed by atoms with Crippen molar-refractivity contribution in [2.45, 2.75) is 18.9 Å². The lowest BCUT2D eigenvalue weighted by Crippen LogP contribution is -2.60. The molecule has 1 unspecified atom stereocenters. The molecule has 8 heteroatoms. The second-order valence-electron chi connectivity index (χ2n) is 8.54. The first-order chi connectivity index (χ1) is 15.1. The molecule has 2 fully saturated rings. The van der Waals surface area contributed by atoms with Crippen molar-refractivity contribution in [1.29, 1.82) is 0 Å². The largest absolute Gasteiger partial charge is 0.489 e. The standard InChI is InChI=1S/C23H24N6O2/c1-28-21(10-17(27-28)15-6-4-3-5-7-15)25-20-11-18(16-12-24-29(2)22(16)26-20)31-19-8-9-23(19)13-30-14-23/h3-7,10-12,19H,8-9,13-14H2,1-2H3,(H,25,26). The molecular formula is C23H24N6O2. The van der Waals surface area contributed by atoms with Crippen LogP contribution < -0.4 is 10.1 Å². The number of aryl methyl sites for hydroxylation is 2. The van der Waals surface area contributed by atoms with Crippen molar-refractivity contribution in [3.63, 3.8) is 0 Å². The molecule has 1 N–H and O–H groups in total. The molecule has 1 saturated heterocycles. The summed E-state index contributed by atoms with van der Waals surface area (Å²) in [5.74, 6) is 2.36. The van der Waals surface area contributed by atoms with E-state index in [2.05, 4.69) is 27.6 Å². The number of rotatable bonds is 5. The predicted octanol–water partition coefficient (Wildman–Crippen LogP) is 3.67. The van der Waals surface area contributed by atoms with E-state index in [0.717, 1.165) is 53.5 Å². The molecule has 8 nitrogen and oxygen atoms in total. The number of fused-ring (bicyclic) bond motifs is 1. The van der Waals surface area contributed by atoms with Crippen LogP contribution in [0, 0.1) is 5.41 Å². The lowest BCUT2D eigenvalue weighted by molar-refractivity contribution is -0.213. The van der Waals surface area contributed by atoms with Crippen LogP contribution in [0.4, 0.5) is 11.6 Å². The Balaban J connectivity index is 1.33. The Labute approximate surface area is 179 Å². The smallest absolute Gasteiger partial charge is 0.163 e. The molecule has 1 saturated carbocycles. The number of hydrogen-bond donors (Lipinski definition) is 1. The normalized spacial score (nSPS) is 19.2. The summed E-state index contributed by atoms with van der Waals surface area (Å²) in [5, 5.41) is 13.4. The third kappa shape index (κ3) is 2.97. The van der Waals surface area contributed by atoms with Gasteiger partial charge in [0.25, 0.3) is 0 Å². The number of pyridine rings is 1. The maximum absolute atomic E-state index is 6.48. The molecule has 0 radical (unpaired) electrons. The van der Waals surface area contributed by atoms with Crippen LogP contribution in [0.5, 0.6) is 5.75 Å². The van der Waals surface area contributed by atoms with E-state index in [1.165, 1.54) is 6.42 Å². The highest BCUT2D eigenvalue weighted by atomic mass is 16.5. The summed E-state index contributed by atoms with van der Waals surface area (Å²) in [6.45, 7) is 1.59.